The van der Waals surface area contributed by atoms with Crippen LogP contribution in [0.4, 0.5) is 0 Å². The summed E-state index contributed by atoms with van der Waals surface area (Å²) in [5.74, 6) is 1.01. The Balaban J connectivity index is 1.89. The van der Waals surface area contributed by atoms with Crippen LogP contribution < -0.4 is 10.6 Å². The van der Waals surface area contributed by atoms with Crippen molar-refractivity contribution in [2.24, 2.45) is 5.92 Å². The first kappa shape index (κ1) is 16.0. The third kappa shape index (κ3) is 8.93. The summed E-state index contributed by atoms with van der Waals surface area (Å²) in [5.41, 5.74) is 0.264. The Morgan fingerprint density at radius 3 is 2.17 bits per heavy atom. The summed E-state index contributed by atoms with van der Waals surface area (Å²) in [4.78, 5) is 0. The van der Waals surface area contributed by atoms with Crippen LogP contribution in [0, 0.1) is 5.92 Å². The zero-order valence-electron chi connectivity index (χ0n) is 12.9. The van der Waals surface area contributed by atoms with Gasteiger partial charge in [-0.3, -0.25) is 0 Å². The molecule has 0 aromatic carbocycles. The van der Waals surface area contributed by atoms with Crippen molar-refractivity contribution >= 4 is 0 Å². The van der Waals surface area contributed by atoms with E-state index in [0.717, 1.165) is 19.0 Å². The Labute approximate surface area is 114 Å². The number of hydrogen-bond acceptors (Lipinski definition) is 2. The number of nitrogens with one attached hydrogen (secondary N) is 2. The first-order valence-corrected chi connectivity index (χ1v) is 8.04. The molecule has 1 aliphatic rings. The van der Waals surface area contributed by atoms with E-state index in [-0.39, 0.29) is 5.54 Å². The fourth-order valence-corrected chi connectivity index (χ4v) is 2.76. The predicted molar refractivity (Wildman–Crippen MR) is 81.1 cm³/mol. The molecular weight excluding hydrogens is 220 g/mol. The molecule has 2 N–H and O–H groups in total. The van der Waals surface area contributed by atoms with Crippen LogP contribution in [0.2, 0.25) is 0 Å². The lowest BCUT2D eigenvalue weighted by atomic mass is 9.97. The lowest BCUT2D eigenvalue weighted by Crippen LogP contribution is -2.37. The van der Waals surface area contributed by atoms with Crippen LogP contribution in [0.1, 0.15) is 72.1 Å². The summed E-state index contributed by atoms with van der Waals surface area (Å²) in [6.45, 7) is 10.2. The molecular formula is C16H34N2. The predicted octanol–water partition coefficient (Wildman–Crippen LogP) is 3.71. The van der Waals surface area contributed by atoms with E-state index in [1.54, 1.807) is 0 Å². The van der Waals surface area contributed by atoms with Gasteiger partial charge in [0.05, 0.1) is 0 Å². The van der Waals surface area contributed by atoms with Gasteiger partial charge in [0.1, 0.15) is 0 Å². The molecule has 0 unspecified atom stereocenters. The molecule has 0 heterocycles. The molecule has 108 valence electrons. The van der Waals surface area contributed by atoms with E-state index in [1.165, 1.54) is 57.9 Å². The third-order valence-corrected chi connectivity index (χ3v) is 3.89. The Kier molecular flexibility index (Phi) is 7.92. The minimum atomic E-state index is 0.264. The molecule has 1 saturated carbocycles. The van der Waals surface area contributed by atoms with Gasteiger partial charge in [0.15, 0.2) is 0 Å². The summed E-state index contributed by atoms with van der Waals surface area (Å²) in [6.07, 6.45) is 11.5. The standard InChI is InChI=1S/C16H34N2/c1-16(2,3)18-13-8-12-17-14-11-15-9-6-4-5-7-10-15/h15,17-18H,4-14H2,1-3H3. The molecule has 0 radical (unpaired) electrons. The molecule has 0 aromatic rings. The maximum Gasteiger partial charge on any atom is 0.00965 e. The third-order valence-electron chi connectivity index (χ3n) is 3.89. The molecule has 0 aromatic heterocycles. The highest BCUT2D eigenvalue weighted by molar-refractivity contribution is 4.70. The molecule has 18 heavy (non-hydrogen) atoms. The van der Waals surface area contributed by atoms with Gasteiger partial charge in [-0.05, 0) is 59.2 Å². The van der Waals surface area contributed by atoms with E-state index in [0.29, 0.717) is 0 Å². The molecule has 1 aliphatic carbocycles. The second-order valence-corrected chi connectivity index (χ2v) is 6.93. The van der Waals surface area contributed by atoms with Crippen LogP contribution >= 0.6 is 0 Å². The first-order valence-electron chi connectivity index (χ1n) is 8.04. The summed E-state index contributed by atoms with van der Waals surface area (Å²) < 4.78 is 0. The molecule has 0 atom stereocenters. The second kappa shape index (κ2) is 8.92. The van der Waals surface area contributed by atoms with Crippen molar-refractivity contribution in [1.29, 1.82) is 0 Å². The number of rotatable bonds is 7. The van der Waals surface area contributed by atoms with Crippen LogP contribution in [-0.2, 0) is 0 Å². The smallest absolute Gasteiger partial charge is 0.00965 e. The first-order chi connectivity index (χ1) is 8.58. The summed E-state index contributed by atoms with van der Waals surface area (Å²) in [5, 5.41) is 7.13. The van der Waals surface area contributed by atoms with Crippen molar-refractivity contribution in [2.45, 2.75) is 77.7 Å². The van der Waals surface area contributed by atoms with Gasteiger partial charge in [-0.1, -0.05) is 38.5 Å². The molecule has 0 saturated heterocycles. The van der Waals surface area contributed by atoms with Crippen molar-refractivity contribution in [3.63, 3.8) is 0 Å². The molecule has 1 rings (SSSR count). The molecule has 2 heteroatoms. The van der Waals surface area contributed by atoms with Crippen LogP contribution in [0.25, 0.3) is 0 Å². The van der Waals surface area contributed by atoms with Gasteiger partial charge in [0, 0.05) is 5.54 Å². The minimum Gasteiger partial charge on any atom is -0.317 e. The SMILES string of the molecule is CC(C)(C)NCCCNCCC1CCCCCC1. The van der Waals surface area contributed by atoms with Crippen molar-refractivity contribution < 1.29 is 0 Å². The summed E-state index contributed by atoms with van der Waals surface area (Å²) >= 11 is 0. The normalized spacial score (nSPS) is 18.8. The Bertz CT molecular complexity index is 188. The van der Waals surface area contributed by atoms with E-state index in [4.69, 9.17) is 0 Å². The fraction of sp³-hybridized carbons (Fsp3) is 1.00. The van der Waals surface area contributed by atoms with Crippen LogP contribution in [0.5, 0.6) is 0 Å². The maximum atomic E-state index is 3.60. The molecule has 0 spiro atoms. The van der Waals surface area contributed by atoms with Crippen molar-refractivity contribution in [1.82, 2.24) is 10.6 Å². The zero-order valence-corrected chi connectivity index (χ0v) is 12.9. The van der Waals surface area contributed by atoms with Crippen molar-refractivity contribution in [3.05, 3.63) is 0 Å². The van der Waals surface area contributed by atoms with Crippen LogP contribution in [0.3, 0.4) is 0 Å². The topological polar surface area (TPSA) is 24.1 Å². The average Bonchev–Trinajstić information content (AvgIpc) is 2.55. The largest absolute Gasteiger partial charge is 0.317 e. The van der Waals surface area contributed by atoms with E-state index >= 15 is 0 Å². The van der Waals surface area contributed by atoms with E-state index in [1.807, 2.05) is 0 Å². The minimum absolute atomic E-state index is 0.264. The fourth-order valence-electron chi connectivity index (χ4n) is 2.76. The van der Waals surface area contributed by atoms with Crippen LogP contribution in [0.15, 0.2) is 0 Å². The monoisotopic (exact) mass is 254 g/mol. The lowest BCUT2D eigenvalue weighted by molar-refractivity contribution is 0.401. The quantitative estimate of drug-likeness (QED) is 0.534. The zero-order chi connectivity index (χ0) is 13.3. The van der Waals surface area contributed by atoms with E-state index in [2.05, 4.69) is 31.4 Å². The second-order valence-electron chi connectivity index (χ2n) is 6.93. The van der Waals surface area contributed by atoms with Gasteiger partial charge in [0.25, 0.3) is 0 Å². The number of hydrogen-bond donors (Lipinski definition) is 2. The lowest BCUT2D eigenvalue weighted by Gasteiger charge is -2.20. The molecule has 2 nitrogen and oxygen atoms in total. The maximum absolute atomic E-state index is 3.60. The summed E-state index contributed by atoms with van der Waals surface area (Å²) in [6, 6.07) is 0. The van der Waals surface area contributed by atoms with Gasteiger partial charge >= 0.3 is 0 Å². The Morgan fingerprint density at radius 1 is 0.889 bits per heavy atom. The highest BCUT2D eigenvalue weighted by atomic mass is 14.9. The van der Waals surface area contributed by atoms with Gasteiger partial charge in [-0.2, -0.15) is 0 Å². The highest BCUT2D eigenvalue weighted by Gasteiger charge is 2.11. The van der Waals surface area contributed by atoms with E-state index < -0.39 is 0 Å². The molecule has 0 bridgehead atoms. The van der Waals surface area contributed by atoms with Gasteiger partial charge in [0.2, 0.25) is 0 Å². The summed E-state index contributed by atoms with van der Waals surface area (Å²) in [7, 11) is 0. The van der Waals surface area contributed by atoms with Gasteiger partial charge in [-0.15, -0.1) is 0 Å². The molecule has 1 fully saturated rings. The van der Waals surface area contributed by atoms with Crippen molar-refractivity contribution in [3.8, 4) is 0 Å². The Morgan fingerprint density at radius 2 is 1.56 bits per heavy atom. The van der Waals surface area contributed by atoms with E-state index in [9.17, 15) is 0 Å². The molecule has 0 amide bonds. The highest BCUT2D eigenvalue weighted by Crippen LogP contribution is 2.24. The molecule has 0 aliphatic heterocycles. The Hall–Kier alpha value is -0.0800. The van der Waals surface area contributed by atoms with Gasteiger partial charge < -0.3 is 10.6 Å². The van der Waals surface area contributed by atoms with Crippen LogP contribution in [-0.4, -0.2) is 25.2 Å². The average molecular weight is 254 g/mol. The van der Waals surface area contributed by atoms with Crippen molar-refractivity contribution in [2.75, 3.05) is 19.6 Å². The van der Waals surface area contributed by atoms with Gasteiger partial charge in [-0.25, -0.2) is 0 Å².